The minimum absolute atomic E-state index is 0.676. The lowest BCUT2D eigenvalue weighted by atomic mass is 10.1. The Balaban J connectivity index is 2.37. The Hall–Kier alpha value is -1.19. The zero-order chi connectivity index (χ0) is 12.4. The van der Waals surface area contributed by atoms with E-state index in [0.29, 0.717) is 5.02 Å². The van der Waals surface area contributed by atoms with Crippen molar-refractivity contribution in [1.82, 2.24) is 0 Å². The Kier molecular flexibility index (Phi) is 3.60. The maximum absolute atomic E-state index is 6.12. The number of aryl methyl sites for hydroxylation is 1. The molecular weight excluding hydrogens is 300 g/mol. The van der Waals surface area contributed by atoms with Crippen LogP contribution in [0.15, 0.2) is 40.9 Å². The third-order valence-corrected chi connectivity index (χ3v) is 3.28. The maximum Gasteiger partial charge on any atom is 0.0641 e. The lowest BCUT2D eigenvalue weighted by Gasteiger charge is -2.12. The molecule has 0 aliphatic heterocycles. The third kappa shape index (κ3) is 2.93. The molecule has 0 amide bonds. The number of hydrogen-bond donors (Lipinski definition) is 2. The number of nitrogen functional groups attached to an aromatic ring is 1. The largest absolute Gasteiger partial charge is 0.399 e. The number of anilines is 3. The van der Waals surface area contributed by atoms with Gasteiger partial charge in [0, 0.05) is 15.8 Å². The Morgan fingerprint density at radius 2 is 1.88 bits per heavy atom. The molecule has 0 atom stereocenters. The highest BCUT2D eigenvalue weighted by atomic mass is 79.9. The molecule has 2 rings (SSSR count). The molecule has 17 heavy (non-hydrogen) atoms. The highest BCUT2D eigenvalue weighted by molar-refractivity contribution is 9.10. The van der Waals surface area contributed by atoms with Crippen molar-refractivity contribution >= 4 is 44.6 Å². The van der Waals surface area contributed by atoms with Crippen molar-refractivity contribution < 1.29 is 0 Å². The van der Waals surface area contributed by atoms with Crippen molar-refractivity contribution in [3.05, 3.63) is 51.5 Å². The van der Waals surface area contributed by atoms with Gasteiger partial charge in [0.05, 0.1) is 10.7 Å². The van der Waals surface area contributed by atoms with Crippen LogP contribution >= 0.6 is 27.5 Å². The Labute approximate surface area is 114 Å². The molecule has 0 spiro atoms. The smallest absolute Gasteiger partial charge is 0.0641 e. The minimum Gasteiger partial charge on any atom is -0.399 e. The molecule has 0 aliphatic carbocycles. The molecular formula is C13H12BrClN2. The van der Waals surface area contributed by atoms with Gasteiger partial charge in [-0.3, -0.25) is 0 Å². The monoisotopic (exact) mass is 310 g/mol. The first-order valence-electron chi connectivity index (χ1n) is 5.14. The summed E-state index contributed by atoms with van der Waals surface area (Å²) in [5.74, 6) is 0. The summed E-state index contributed by atoms with van der Waals surface area (Å²) in [6.45, 7) is 2.02. The zero-order valence-corrected chi connectivity index (χ0v) is 11.6. The fraction of sp³-hybridized carbons (Fsp3) is 0.0769. The summed E-state index contributed by atoms with van der Waals surface area (Å²) in [4.78, 5) is 0. The van der Waals surface area contributed by atoms with Crippen molar-refractivity contribution in [2.45, 2.75) is 6.92 Å². The van der Waals surface area contributed by atoms with Crippen LogP contribution in [-0.4, -0.2) is 0 Å². The van der Waals surface area contributed by atoms with Gasteiger partial charge in [0.2, 0.25) is 0 Å². The maximum atomic E-state index is 6.12. The molecule has 2 aromatic rings. The quantitative estimate of drug-likeness (QED) is 0.786. The van der Waals surface area contributed by atoms with E-state index in [1.165, 1.54) is 0 Å². The normalized spacial score (nSPS) is 10.3. The van der Waals surface area contributed by atoms with Crippen molar-refractivity contribution in [2.75, 3.05) is 11.1 Å². The summed E-state index contributed by atoms with van der Waals surface area (Å²) in [7, 11) is 0. The van der Waals surface area contributed by atoms with Crippen LogP contribution in [0.3, 0.4) is 0 Å². The number of rotatable bonds is 2. The summed E-state index contributed by atoms with van der Waals surface area (Å²) < 4.78 is 0.978. The van der Waals surface area contributed by atoms with Gasteiger partial charge in [-0.25, -0.2) is 0 Å². The lowest BCUT2D eigenvalue weighted by Crippen LogP contribution is -1.95. The van der Waals surface area contributed by atoms with E-state index in [4.69, 9.17) is 17.3 Å². The molecule has 0 heterocycles. The predicted molar refractivity (Wildman–Crippen MR) is 78.0 cm³/mol. The predicted octanol–water partition coefficient (Wildman–Crippen LogP) is 4.74. The highest BCUT2D eigenvalue weighted by Gasteiger charge is 2.04. The van der Waals surface area contributed by atoms with Crippen LogP contribution in [0.5, 0.6) is 0 Å². The molecule has 0 fully saturated rings. The van der Waals surface area contributed by atoms with Crippen molar-refractivity contribution in [1.29, 1.82) is 0 Å². The van der Waals surface area contributed by atoms with E-state index < -0.39 is 0 Å². The molecule has 0 saturated heterocycles. The van der Waals surface area contributed by atoms with E-state index in [0.717, 1.165) is 27.1 Å². The zero-order valence-electron chi connectivity index (χ0n) is 9.30. The molecule has 2 nitrogen and oxygen atoms in total. The van der Waals surface area contributed by atoms with E-state index in [9.17, 15) is 0 Å². The average Bonchev–Trinajstić information content (AvgIpc) is 2.28. The average molecular weight is 312 g/mol. The van der Waals surface area contributed by atoms with Crippen LogP contribution in [0.4, 0.5) is 17.1 Å². The molecule has 0 radical (unpaired) electrons. The summed E-state index contributed by atoms with van der Waals surface area (Å²) in [5, 5.41) is 3.96. The molecule has 4 heteroatoms. The Bertz CT molecular complexity index is 506. The van der Waals surface area contributed by atoms with Gasteiger partial charge < -0.3 is 11.1 Å². The number of benzene rings is 2. The second-order valence-electron chi connectivity index (χ2n) is 3.82. The molecule has 0 saturated carbocycles. The van der Waals surface area contributed by atoms with E-state index in [-0.39, 0.29) is 0 Å². The summed E-state index contributed by atoms with van der Waals surface area (Å²) in [5.41, 5.74) is 9.43. The first-order chi connectivity index (χ1) is 8.06. The van der Waals surface area contributed by atoms with Crippen LogP contribution in [0.25, 0.3) is 0 Å². The van der Waals surface area contributed by atoms with Gasteiger partial charge in [-0.2, -0.15) is 0 Å². The highest BCUT2D eigenvalue weighted by Crippen LogP contribution is 2.30. The van der Waals surface area contributed by atoms with E-state index in [1.54, 1.807) is 0 Å². The van der Waals surface area contributed by atoms with Gasteiger partial charge in [-0.15, -0.1) is 0 Å². The topological polar surface area (TPSA) is 38.0 Å². The Morgan fingerprint density at radius 1 is 1.12 bits per heavy atom. The van der Waals surface area contributed by atoms with E-state index >= 15 is 0 Å². The van der Waals surface area contributed by atoms with Crippen molar-refractivity contribution in [2.24, 2.45) is 0 Å². The van der Waals surface area contributed by atoms with Crippen molar-refractivity contribution in [3.8, 4) is 0 Å². The molecule has 3 N–H and O–H groups in total. The third-order valence-electron chi connectivity index (χ3n) is 2.46. The van der Waals surface area contributed by atoms with Crippen LogP contribution in [0.1, 0.15) is 5.56 Å². The number of halogens is 2. The summed E-state index contributed by atoms with van der Waals surface area (Å²) >= 11 is 9.54. The van der Waals surface area contributed by atoms with Crippen LogP contribution < -0.4 is 11.1 Å². The SMILES string of the molecule is Cc1ccc(N)cc1Nc1cc(Br)ccc1Cl. The first kappa shape index (κ1) is 12.3. The van der Waals surface area contributed by atoms with Crippen LogP contribution in [0.2, 0.25) is 5.02 Å². The standard InChI is InChI=1S/C13H12BrClN2/c1-8-2-4-10(16)7-12(8)17-13-6-9(14)3-5-11(13)15/h2-7,17H,16H2,1H3. The molecule has 2 aromatic carbocycles. The number of nitrogens with one attached hydrogen (secondary N) is 1. The fourth-order valence-corrected chi connectivity index (χ4v) is 2.04. The van der Waals surface area contributed by atoms with E-state index in [2.05, 4.69) is 21.2 Å². The summed E-state index contributed by atoms with van der Waals surface area (Å²) in [6, 6.07) is 11.4. The van der Waals surface area contributed by atoms with Crippen LogP contribution in [0, 0.1) is 6.92 Å². The second kappa shape index (κ2) is 4.98. The molecule has 0 bridgehead atoms. The van der Waals surface area contributed by atoms with Gasteiger partial charge >= 0.3 is 0 Å². The number of hydrogen-bond acceptors (Lipinski definition) is 2. The van der Waals surface area contributed by atoms with Gasteiger partial charge in [-0.05, 0) is 42.8 Å². The molecule has 88 valence electrons. The summed E-state index contributed by atoms with van der Waals surface area (Å²) in [6.07, 6.45) is 0. The lowest BCUT2D eigenvalue weighted by molar-refractivity contribution is 1.43. The van der Waals surface area contributed by atoms with Gasteiger partial charge in [0.25, 0.3) is 0 Å². The number of nitrogens with two attached hydrogens (primary N) is 1. The van der Waals surface area contributed by atoms with Crippen LogP contribution in [-0.2, 0) is 0 Å². The molecule has 0 unspecified atom stereocenters. The molecule has 0 aromatic heterocycles. The van der Waals surface area contributed by atoms with Gasteiger partial charge in [0.1, 0.15) is 0 Å². The Morgan fingerprint density at radius 3 is 2.65 bits per heavy atom. The van der Waals surface area contributed by atoms with Gasteiger partial charge in [-0.1, -0.05) is 33.6 Å². The van der Waals surface area contributed by atoms with Gasteiger partial charge in [0.15, 0.2) is 0 Å². The van der Waals surface area contributed by atoms with Crippen molar-refractivity contribution in [3.63, 3.8) is 0 Å². The molecule has 0 aliphatic rings. The fourth-order valence-electron chi connectivity index (χ4n) is 1.51. The first-order valence-corrected chi connectivity index (χ1v) is 6.31. The van der Waals surface area contributed by atoms with E-state index in [1.807, 2.05) is 43.3 Å². The second-order valence-corrected chi connectivity index (χ2v) is 5.15. The minimum atomic E-state index is 0.676.